The lowest BCUT2D eigenvalue weighted by Crippen LogP contribution is -2.32. The molecule has 1 heterocycles. The van der Waals surface area contributed by atoms with Crippen LogP contribution in [0, 0.1) is 0 Å². The number of aliphatic imine (C=N–C) groups is 1. The van der Waals surface area contributed by atoms with E-state index in [2.05, 4.69) is 4.99 Å². The van der Waals surface area contributed by atoms with Gasteiger partial charge in [-0.2, -0.15) is 16.8 Å². The minimum absolute atomic E-state index is 0.242. The lowest BCUT2D eigenvalue weighted by molar-refractivity contribution is 0.215. The lowest BCUT2D eigenvalue weighted by Gasteiger charge is -2.37. The van der Waals surface area contributed by atoms with Crippen LogP contribution in [-0.4, -0.2) is 30.8 Å². The third-order valence-corrected chi connectivity index (χ3v) is 5.45. The highest BCUT2D eigenvalue weighted by atomic mass is 32.2. The molecule has 1 aromatic rings. The minimum Gasteiger partial charge on any atom is -0.493 e. The molecule has 0 amide bonds. The zero-order valence-electron chi connectivity index (χ0n) is 12.1. The molecule has 1 atom stereocenters. The molecule has 1 aliphatic carbocycles. The molecular weight excluding hydrogens is 286 g/mol. The molecule has 2 fully saturated rings. The zero-order chi connectivity index (χ0) is 14.7. The van der Waals surface area contributed by atoms with Crippen molar-refractivity contribution in [1.29, 1.82) is 0 Å². The molecule has 2 aliphatic rings. The molecule has 1 unspecified atom stereocenters. The number of carbonyl (C=O) groups excluding carboxylic acids is 1. The van der Waals surface area contributed by atoms with Crippen LogP contribution in [0.5, 0.6) is 11.5 Å². The van der Waals surface area contributed by atoms with E-state index in [0.717, 1.165) is 54.3 Å². The predicted molar refractivity (Wildman–Crippen MR) is 83.0 cm³/mol. The summed E-state index contributed by atoms with van der Waals surface area (Å²) in [5.41, 5.74) is 0.634. The second-order valence-corrected chi connectivity index (χ2v) is 6.71. The smallest absolute Gasteiger partial charge is 0.235 e. The lowest BCUT2D eigenvalue weighted by atomic mass is 9.72. The van der Waals surface area contributed by atoms with Crippen LogP contribution in [0.15, 0.2) is 23.2 Å². The zero-order valence-corrected chi connectivity index (χ0v) is 12.9. The summed E-state index contributed by atoms with van der Waals surface area (Å²) in [6.07, 6.45) is 5.92. The molecule has 21 heavy (non-hydrogen) atoms. The molecule has 1 aliphatic heterocycles. The summed E-state index contributed by atoms with van der Waals surface area (Å²) in [5.74, 6) is 3.66. The van der Waals surface area contributed by atoms with E-state index in [1.165, 1.54) is 0 Å². The summed E-state index contributed by atoms with van der Waals surface area (Å²) >= 11 is 1.91. The van der Waals surface area contributed by atoms with Gasteiger partial charge in [0.25, 0.3) is 0 Å². The van der Waals surface area contributed by atoms with Gasteiger partial charge in [0.1, 0.15) is 6.10 Å². The van der Waals surface area contributed by atoms with Gasteiger partial charge in [-0.05, 0) is 49.1 Å². The van der Waals surface area contributed by atoms with Gasteiger partial charge in [-0.1, -0.05) is 6.07 Å². The van der Waals surface area contributed by atoms with E-state index < -0.39 is 5.54 Å². The number of hydrogen-bond acceptors (Lipinski definition) is 5. The van der Waals surface area contributed by atoms with Crippen molar-refractivity contribution in [2.75, 3.05) is 18.6 Å². The van der Waals surface area contributed by atoms with Crippen LogP contribution in [0.25, 0.3) is 0 Å². The van der Waals surface area contributed by atoms with E-state index in [9.17, 15) is 4.79 Å². The minimum atomic E-state index is -0.392. The van der Waals surface area contributed by atoms with Crippen molar-refractivity contribution >= 4 is 17.8 Å². The maximum absolute atomic E-state index is 10.7. The van der Waals surface area contributed by atoms with E-state index in [-0.39, 0.29) is 6.10 Å². The third-order valence-electron chi connectivity index (χ3n) is 4.32. The Hall–Kier alpha value is -1.45. The first-order chi connectivity index (χ1) is 10.3. The van der Waals surface area contributed by atoms with Gasteiger partial charge in [0.2, 0.25) is 6.08 Å². The summed E-state index contributed by atoms with van der Waals surface area (Å²) in [7, 11) is 1.65. The Kier molecular flexibility index (Phi) is 4.22. The molecule has 0 radical (unpaired) electrons. The van der Waals surface area contributed by atoms with Crippen molar-refractivity contribution in [1.82, 2.24) is 0 Å². The van der Waals surface area contributed by atoms with Gasteiger partial charge < -0.3 is 9.47 Å². The van der Waals surface area contributed by atoms with Crippen molar-refractivity contribution in [3.63, 3.8) is 0 Å². The number of rotatable bonds is 5. The topological polar surface area (TPSA) is 47.9 Å². The second-order valence-electron chi connectivity index (χ2n) is 5.56. The fourth-order valence-electron chi connectivity index (χ4n) is 2.91. The highest BCUT2D eigenvalue weighted by molar-refractivity contribution is 7.99. The fraction of sp³-hybridized carbons (Fsp3) is 0.562. The molecule has 112 valence electrons. The molecule has 1 saturated carbocycles. The number of hydrogen-bond donors (Lipinski definition) is 0. The van der Waals surface area contributed by atoms with Crippen LogP contribution < -0.4 is 9.47 Å². The second kappa shape index (κ2) is 6.12. The quantitative estimate of drug-likeness (QED) is 0.618. The van der Waals surface area contributed by atoms with Gasteiger partial charge in [-0.25, -0.2) is 4.79 Å². The Morgan fingerprint density at radius 1 is 1.38 bits per heavy atom. The van der Waals surface area contributed by atoms with Crippen molar-refractivity contribution in [2.24, 2.45) is 4.99 Å². The molecule has 3 rings (SSSR count). The normalized spacial score (nSPS) is 23.0. The summed E-state index contributed by atoms with van der Waals surface area (Å²) < 4.78 is 11.5. The van der Waals surface area contributed by atoms with Crippen LogP contribution >= 0.6 is 11.8 Å². The van der Waals surface area contributed by atoms with E-state index >= 15 is 0 Å². The molecule has 5 heteroatoms. The largest absolute Gasteiger partial charge is 0.493 e. The highest BCUT2D eigenvalue weighted by Crippen LogP contribution is 2.47. The maximum Gasteiger partial charge on any atom is 0.235 e. The molecule has 1 saturated heterocycles. The van der Waals surface area contributed by atoms with Crippen molar-refractivity contribution < 1.29 is 14.3 Å². The Balaban J connectivity index is 1.90. The Bertz CT molecular complexity index is 559. The monoisotopic (exact) mass is 305 g/mol. The van der Waals surface area contributed by atoms with Crippen molar-refractivity contribution in [2.45, 2.75) is 37.3 Å². The summed E-state index contributed by atoms with van der Waals surface area (Å²) in [6, 6.07) is 5.88. The van der Waals surface area contributed by atoms with Crippen LogP contribution in [0.2, 0.25) is 0 Å². The van der Waals surface area contributed by atoms with Gasteiger partial charge in [0.05, 0.1) is 12.6 Å². The van der Waals surface area contributed by atoms with Gasteiger partial charge in [-0.3, -0.25) is 0 Å². The highest BCUT2D eigenvalue weighted by Gasteiger charge is 2.39. The predicted octanol–water partition coefficient (Wildman–Crippen LogP) is 3.29. The third kappa shape index (κ3) is 2.81. The molecule has 0 N–H and O–H groups in total. The molecule has 0 spiro atoms. The number of isocyanates is 1. The van der Waals surface area contributed by atoms with Crippen LogP contribution in [-0.2, 0) is 10.3 Å². The standard InChI is InChI=1S/C16H19NO3S/c1-19-14-4-3-12(16(17-11-18)6-2-7-16)9-15(14)20-13-5-8-21-10-13/h3-4,9,13H,2,5-8,10H2,1H3. The van der Waals surface area contributed by atoms with Crippen LogP contribution in [0.1, 0.15) is 31.2 Å². The Morgan fingerprint density at radius 3 is 2.81 bits per heavy atom. The summed E-state index contributed by atoms with van der Waals surface area (Å²) in [4.78, 5) is 14.8. The molecule has 4 nitrogen and oxygen atoms in total. The molecule has 0 aromatic heterocycles. The Labute approximate surface area is 128 Å². The van der Waals surface area contributed by atoms with E-state index in [1.54, 1.807) is 13.2 Å². The number of benzene rings is 1. The fourth-order valence-corrected chi connectivity index (χ4v) is 4.00. The van der Waals surface area contributed by atoms with Crippen molar-refractivity contribution in [3.8, 4) is 11.5 Å². The van der Waals surface area contributed by atoms with Crippen LogP contribution in [0.4, 0.5) is 0 Å². The molecular formula is C16H19NO3S. The van der Waals surface area contributed by atoms with E-state index in [0.29, 0.717) is 0 Å². The molecule has 1 aromatic carbocycles. The number of thioether (sulfide) groups is 1. The Morgan fingerprint density at radius 2 is 2.24 bits per heavy atom. The maximum atomic E-state index is 10.7. The number of nitrogens with zero attached hydrogens (tertiary/aromatic N) is 1. The van der Waals surface area contributed by atoms with E-state index in [4.69, 9.17) is 9.47 Å². The average Bonchev–Trinajstić information content (AvgIpc) is 2.96. The first-order valence-electron chi connectivity index (χ1n) is 7.29. The average molecular weight is 305 g/mol. The SMILES string of the molecule is COc1ccc(C2(N=C=O)CCC2)cc1OC1CCSC1. The summed E-state index contributed by atoms with van der Waals surface area (Å²) in [6.45, 7) is 0. The molecule has 0 bridgehead atoms. The van der Waals surface area contributed by atoms with E-state index in [1.807, 2.05) is 30.0 Å². The van der Waals surface area contributed by atoms with Gasteiger partial charge in [0.15, 0.2) is 11.5 Å². The first kappa shape index (κ1) is 14.5. The van der Waals surface area contributed by atoms with Crippen molar-refractivity contribution in [3.05, 3.63) is 23.8 Å². The first-order valence-corrected chi connectivity index (χ1v) is 8.45. The van der Waals surface area contributed by atoms with Gasteiger partial charge >= 0.3 is 0 Å². The van der Waals surface area contributed by atoms with Gasteiger partial charge in [-0.15, -0.1) is 0 Å². The van der Waals surface area contributed by atoms with Crippen LogP contribution in [0.3, 0.4) is 0 Å². The number of ether oxygens (including phenoxy) is 2. The van der Waals surface area contributed by atoms with Gasteiger partial charge in [0, 0.05) is 5.75 Å². The number of methoxy groups -OCH3 is 1. The summed E-state index contributed by atoms with van der Waals surface area (Å²) in [5, 5.41) is 0.